The predicted octanol–water partition coefficient (Wildman–Crippen LogP) is 5.29. The summed E-state index contributed by atoms with van der Waals surface area (Å²) in [5.41, 5.74) is 2.09. The molecule has 2 aromatic carbocycles. The van der Waals surface area contributed by atoms with E-state index in [2.05, 4.69) is 30.2 Å². The van der Waals surface area contributed by atoms with E-state index in [0.29, 0.717) is 19.6 Å². The molecule has 4 rings (SSSR count). The molecule has 1 aliphatic rings. The summed E-state index contributed by atoms with van der Waals surface area (Å²) in [5.74, 6) is 1.88. The van der Waals surface area contributed by atoms with Crippen LogP contribution in [0.3, 0.4) is 0 Å². The lowest BCUT2D eigenvalue weighted by atomic mass is 9.95. The number of fused-ring (bicyclic) bond motifs is 2. The number of carbonyl (C=O) groups is 1. The number of para-hydroxylation sites is 1. The van der Waals surface area contributed by atoms with E-state index in [9.17, 15) is 4.79 Å². The molecule has 1 aromatic heterocycles. The van der Waals surface area contributed by atoms with Crippen LogP contribution in [0.4, 0.5) is 0 Å². The molecule has 2 heterocycles. The summed E-state index contributed by atoms with van der Waals surface area (Å²) in [6, 6.07) is 14.1. The third-order valence-corrected chi connectivity index (χ3v) is 6.34. The van der Waals surface area contributed by atoms with Crippen molar-refractivity contribution in [2.45, 2.75) is 45.6 Å². The van der Waals surface area contributed by atoms with Gasteiger partial charge < -0.3 is 14.8 Å². The highest BCUT2D eigenvalue weighted by molar-refractivity contribution is 7.18. The molecule has 0 radical (unpaired) electrons. The van der Waals surface area contributed by atoms with Crippen molar-refractivity contribution in [2.75, 3.05) is 13.2 Å². The molecule has 158 valence electrons. The van der Waals surface area contributed by atoms with Crippen LogP contribution in [0, 0.1) is 5.92 Å². The summed E-state index contributed by atoms with van der Waals surface area (Å²) in [6.07, 6.45) is 2.98. The van der Waals surface area contributed by atoms with Crippen LogP contribution in [0.5, 0.6) is 11.5 Å². The van der Waals surface area contributed by atoms with Gasteiger partial charge in [0.15, 0.2) is 11.5 Å². The van der Waals surface area contributed by atoms with Crippen LogP contribution in [0.25, 0.3) is 10.2 Å². The van der Waals surface area contributed by atoms with Gasteiger partial charge >= 0.3 is 0 Å². The molecule has 1 N–H and O–H groups in total. The summed E-state index contributed by atoms with van der Waals surface area (Å²) >= 11 is 1.71. The van der Waals surface area contributed by atoms with Gasteiger partial charge in [0.25, 0.3) is 0 Å². The standard InChI is InChI=1S/C24H28N2O3S/c1-16(2)24(17-11-12-19-20(15-17)29-14-6-13-28-19)26-22(27)9-5-10-23-25-18-7-3-4-8-21(18)30-23/h3-4,7-8,11-12,15-16,24H,5-6,9-10,13-14H2,1-2H3,(H,26,27)/t24-/m1/s1. The maximum Gasteiger partial charge on any atom is 0.220 e. The highest BCUT2D eigenvalue weighted by Gasteiger charge is 2.21. The maximum absolute atomic E-state index is 12.7. The van der Waals surface area contributed by atoms with Crippen molar-refractivity contribution >= 4 is 27.5 Å². The number of rotatable bonds is 7. The molecule has 0 unspecified atom stereocenters. The number of ether oxygens (including phenoxy) is 2. The molecule has 0 fully saturated rings. The molecule has 0 saturated heterocycles. The van der Waals surface area contributed by atoms with E-state index in [-0.39, 0.29) is 17.9 Å². The second-order valence-corrected chi connectivity index (χ2v) is 9.09. The Kier molecular flexibility index (Phi) is 6.53. The van der Waals surface area contributed by atoms with Gasteiger partial charge in [-0.1, -0.05) is 32.0 Å². The molecule has 0 bridgehead atoms. The number of nitrogens with one attached hydrogen (secondary N) is 1. The Balaban J connectivity index is 1.35. The number of aryl methyl sites for hydroxylation is 1. The van der Waals surface area contributed by atoms with Gasteiger partial charge in [0.2, 0.25) is 5.91 Å². The molecule has 1 aliphatic heterocycles. The van der Waals surface area contributed by atoms with E-state index < -0.39 is 0 Å². The minimum Gasteiger partial charge on any atom is -0.490 e. The molecule has 0 saturated carbocycles. The first-order valence-corrected chi connectivity index (χ1v) is 11.4. The molecule has 0 spiro atoms. The molecule has 6 heteroatoms. The predicted molar refractivity (Wildman–Crippen MR) is 120 cm³/mol. The van der Waals surface area contributed by atoms with Gasteiger partial charge in [-0.05, 0) is 48.6 Å². The Bertz CT molecular complexity index is 982. The van der Waals surface area contributed by atoms with Crippen molar-refractivity contribution < 1.29 is 14.3 Å². The quantitative estimate of drug-likeness (QED) is 0.560. The molecule has 5 nitrogen and oxygen atoms in total. The van der Waals surface area contributed by atoms with E-state index in [1.807, 2.05) is 36.4 Å². The lowest BCUT2D eigenvalue weighted by Gasteiger charge is -2.24. The van der Waals surface area contributed by atoms with Crippen molar-refractivity contribution in [1.29, 1.82) is 0 Å². The Morgan fingerprint density at radius 3 is 2.73 bits per heavy atom. The number of amides is 1. The van der Waals surface area contributed by atoms with Gasteiger partial charge in [-0.25, -0.2) is 4.98 Å². The van der Waals surface area contributed by atoms with E-state index in [1.54, 1.807) is 11.3 Å². The largest absolute Gasteiger partial charge is 0.490 e. The van der Waals surface area contributed by atoms with Crippen LogP contribution in [-0.4, -0.2) is 24.1 Å². The van der Waals surface area contributed by atoms with Gasteiger partial charge in [0.05, 0.1) is 34.5 Å². The van der Waals surface area contributed by atoms with Crippen LogP contribution < -0.4 is 14.8 Å². The van der Waals surface area contributed by atoms with Gasteiger partial charge in [0.1, 0.15) is 0 Å². The van der Waals surface area contributed by atoms with E-state index in [4.69, 9.17) is 9.47 Å². The van der Waals surface area contributed by atoms with Crippen LogP contribution in [0.2, 0.25) is 0 Å². The fraction of sp³-hybridized carbons (Fsp3) is 0.417. The monoisotopic (exact) mass is 424 g/mol. The van der Waals surface area contributed by atoms with Crippen LogP contribution >= 0.6 is 11.3 Å². The third-order valence-electron chi connectivity index (χ3n) is 5.25. The van der Waals surface area contributed by atoms with Crippen molar-refractivity contribution in [2.24, 2.45) is 5.92 Å². The molecule has 30 heavy (non-hydrogen) atoms. The van der Waals surface area contributed by atoms with Crippen molar-refractivity contribution in [1.82, 2.24) is 10.3 Å². The van der Waals surface area contributed by atoms with Crippen LogP contribution in [0.15, 0.2) is 42.5 Å². The highest BCUT2D eigenvalue weighted by atomic mass is 32.1. The minimum absolute atomic E-state index is 0.0582. The number of thiazole rings is 1. The number of benzene rings is 2. The van der Waals surface area contributed by atoms with Gasteiger partial charge in [-0.15, -0.1) is 11.3 Å². The number of hydrogen-bond donors (Lipinski definition) is 1. The number of carbonyl (C=O) groups excluding carboxylic acids is 1. The van der Waals surface area contributed by atoms with Gasteiger partial charge in [-0.3, -0.25) is 4.79 Å². The summed E-state index contributed by atoms with van der Waals surface area (Å²) in [4.78, 5) is 17.3. The number of hydrogen-bond acceptors (Lipinski definition) is 5. The Morgan fingerprint density at radius 1 is 1.13 bits per heavy atom. The fourth-order valence-electron chi connectivity index (χ4n) is 3.68. The van der Waals surface area contributed by atoms with Crippen LogP contribution in [-0.2, 0) is 11.2 Å². The number of nitrogens with zero attached hydrogens (tertiary/aromatic N) is 1. The van der Waals surface area contributed by atoms with Gasteiger partial charge in [-0.2, -0.15) is 0 Å². The molecule has 3 aromatic rings. The topological polar surface area (TPSA) is 60.5 Å². The molecular weight excluding hydrogens is 396 g/mol. The summed E-state index contributed by atoms with van der Waals surface area (Å²) < 4.78 is 12.7. The number of aromatic nitrogens is 1. The van der Waals surface area contributed by atoms with Gasteiger partial charge in [0, 0.05) is 12.8 Å². The Morgan fingerprint density at radius 2 is 1.93 bits per heavy atom. The van der Waals surface area contributed by atoms with E-state index in [1.165, 1.54) is 4.70 Å². The first-order valence-electron chi connectivity index (χ1n) is 10.6. The van der Waals surface area contributed by atoms with E-state index >= 15 is 0 Å². The van der Waals surface area contributed by atoms with Crippen molar-refractivity contribution in [3.05, 3.63) is 53.0 Å². The lowest BCUT2D eigenvalue weighted by Crippen LogP contribution is -2.31. The summed E-state index contributed by atoms with van der Waals surface area (Å²) in [5, 5.41) is 4.31. The van der Waals surface area contributed by atoms with Crippen LogP contribution in [0.1, 0.15) is 49.7 Å². The summed E-state index contributed by atoms with van der Waals surface area (Å²) in [7, 11) is 0. The first-order chi connectivity index (χ1) is 14.6. The highest BCUT2D eigenvalue weighted by Crippen LogP contribution is 2.34. The molecule has 1 amide bonds. The molecule has 1 atom stereocenters. The third kappa shape index (κ3) is 4.93. The second-order valence-electron chi connectivity index (χ2n) is 7.97. The lowest BCUT2D eigenvalue weighted by molar-refractivity contribution is -0.122. The second kappa shape index (κ2) is 9.47. The average molecular weight is 425 g/mol. The van der Waals surface area contributed by atoms with Crippen molar-refractivity contribution in [3.8, 4) is 11.5 Å². The van der Waals surface area contributed by atoms with Crippen molar-refractivity contribution in [3.63, 3.8) is 0 Å². The Labute approximate surface area is 181 Å². The molecular formula is C24H28N2O3S. The smallest absolute Gasteiger partial charge is 0.220 e. The van der Waals surface area contributed by atoms with E-state index in [0.717, 1.165) is 46.8 Å². The zero-order valence-corrected chi connectivity index (χ0v) is 18.3. The maximum atomic E-state index is 12.7. The zero-order chi connectivity index (χ0) is 20.9. The fourth-order valence-corrected chi connectivity index (χ4v) is 4.69. The average Bonchev–Trinajstić information content (AvgIpc) is 3.00. The molecule has 0 aliphatic carbocycles. The minimum atomic E-state index is -0.0582. The Hall–Kier alpha value is -2.60. The normalized spacial score (nSPS) is 14.5. The SMILES string of the molecule is CC(C)[C@@H](NC(=O)CCCc1nc2ccccc2s1)c1ccc2c(c1)OCCCO2. The zero-order valence-electron chi connectivity index (χ0n) is 17.5. The summed E-state index contributed by atoms with van der Waals surface area (Å²) in [6.45, 7) is 5.57. The first kappa shape index (κ1) is 20.7.